The van der Waals surface area contributed by atoms with Crippen molar-refractivity contribution in [2.75, 3.05) is 17.1 Å². The Morgan fingerprint density at radius 1 is 1.12 bits per heavy atom. The highest BCUT2D eigenvalue weighted by molar-refractivity contribution is 7.92. The van der Waals surface area contributed by atoms with Gasteiger partial charge >= 0.3 is 0 Å². The Morgan fingerprint density at radius 2 is 1.62 bits per heavy atom. The first kappa shape index (κ1) is 17.8. The van der Waals surface area contributed by atoms with Crippen LogP contribution in [0.4, 0.5) is 10.1 Å². The van der Waals surface area contributed by atoms with E-state index in [1.807, 2.05) is 0 Å². The minimum absolute atomic E-state index is 0.155. The third-order valence-electron chi connectivity index (χ3n) is 6.24. The Morgan fingerprint density at radius 3 is 2.08 bits per heavy atom. The summed E-state index contributed by atoms with van der Waals surface area (Å²) in [5.74, 6) is 1.38. The van der Waals surface area contributed by atoms with Crippen LogP contribution in [-0.4, -0.2) is 32.7 Å². The van der Waals surface area contributed by atoms with E-state index in [0.29, 0.717) is 23.4 Å². The van der Waals surface area contributed by atoms with E-state index in [0.717, 1.165) is 29.8 Å². The second-order valence-corrected chi connectivity index (χ2v) is 10.4. The Balaban J connectivity index is 1.50. The van der Waals surface area contributed by atoms with Gasteiger partial charge in [-0.1, -0.05) is 0 Å². The molecule has 1 aromatic rings. The zero-order valence-electron chi connectivity index (χ0n) is 14.9. The van der Waals surface area contributed by atoms with Crippen LogP contribution in [0.3, 0.4) is 0 Å². The maximum Gasteiger partial charge on any atom is 0.241 e. The molecule has 4 aliphatic carbocycles. The van der Waals surface area contributed by atoms with E-state index >= 15 is 0 Å². The first-order valence-corrected chi connectivity index (χ1v) is 11.1. The van der Waals surface area contributed by atoms with Crippen LogP contribution in [0.5, 0.6) is 0 Å². The fourth-order valence-electron chi connectivity index (χ4n) is 5.74. The molecule has 0 radical (unpaired) electrons. The summed E-state index contributed by atoms with van der Waals surface area (Å²) in [5.41, 5.74) is 0.146. The molecule has 26 heavy (non-hydrogen) atoms. The summed E-state index contributed by atoms with van der Waals surface area (Å²) in [4.78, 5) is 12.7. The molecule has 0 unspecified atom stereocenters. The summed E-state index contributed by atoms with van der Waals surface area (Å²) in [6.07, 6.45) is 7.94. The smallest absolute Gasteiger partial charge is 0.241 e. The lowest BCUT2D eigenvalue weighted by Gasteiger charge is -2.57. The number of nitrogens with one attached hydrogen (secondary N) is 1. The van der Waals surface area contributed by atoms with Gasteiger partial charge in [0.15, 0.2) is 0 Å². The quantitative estimate of drug-likeness (QED) is 0.854. The highest BCUT2D eigenvalue weighted by Crippen LogP contribution is 2.55. The van der Waals surface area contributed by atoms with Crippen LogP contribution < -0.4 is 9.62 Å². The van der Waals surface area contributed by atoms with Crippen LogP contribution in [-0.2, 0) is 14.8 Å². The summed E-state index contributed by atoms with van der Waals surface area (Å²) >= 11 is 0. The maximum atomic E-state index is 13.2. The minimum Gasteiger partial charge on any atom is -0.349 e. The van der Waals surface area contributed by atoms with Crippen LogP contribution >= 0.6 is 0 Å². The molecule has 4 bridgehead atoms. The topological polar surface area (TPSA) is 66.5 Å². The summed E-state index contributed by atoms with van der Waals surface area (Å²) in [5, 5.41) is 3.19. The monoisotopic (exact) mass is 380 g/mol. The van der Waals surface area contributed by atoms with E-state index in [4.69, 9.17) is 0 Å². The molecule has 0 aromatic heterocycles. The number of anilines is 1. The van der Waals surface area contributed by atoms with Gasteiger partial charge in [-0.3, -0.25) is 9.10 Å². The predicted octanol–water partition coefficient (Wildman–Crippen LogP) is 2.68. The molecule has 0 saturated heterocycles. The molecule has 0 heterocycles. The first-order valence-electron chi connectivity index (χ1n) is 9.27. The van der Waals surface area contributed by atoms with Crippen molar-refractivity contribution in [3.8, 4) is 0 Å². The molecule has 0 aliphatic heterocycles. The van der Waals surface area contributed by atoms with Crippen LogP contribution in [0.25, 0.3) is 0 Å². The highest BCUT2D eigenvalue weighted by atomic mass is 32.2. The molecule has 7 heteroatoms. The Hall–Kier alpha value is -1.63. The maximum absolute atomic E-state index is 13.2. The van der Waals surface area contributed by atoms with Gasteiger partial charge < -0.3 is 5.32 Å². The van der Waals surface area contributed by atoms with E-state index in [9.17, 15) is 17.6 Å². The van der Waals surface area contributed by atoms with Gasteiger partial charge in [0.2, 0.25) is 15.9 Å². The molecule has 0 spiro atoms. The average Bonchev–Trinajstić information content (AvgIpc) is 2.51. The molecule has 1 amide bonds. The molecule has 4 saturated carbocycles. The Kier molecular flexibility index (Phi) is 4.25. The molecular formula is C19H25FN2O3S. The fourth-order valence-corrected chi connectivity index (χ4v) is 6.59. The van der Waals surface area contributed by atoms with E-state index < -0.39 is 15.8 Å². The number of hydrogen-bond acceptors (Lipinski definition) is 3. The number of carbonyl (C=O) groups is 1. The van der Waals surface area contributed by atoms with Gasteiger partial charge in [0.05, 0.1) is 11.9 Å². The molecule has 1 aromatic carbocycles. The van der Waals surface area contributed by atoms with Crippen molar-refractivity contribution in [1.82, 2.24) is 5.32 Å². The second-order valence-electron chi connectivity index (χ2n) is 8.49. The lowest BCUT2D eigenvalue weighted by Crippen LogP contribution is -2.61. The predicted molar refractivity (Wildman–Crippen MR) is 97.6 cm³/mol. The summed E-state index contributed by atoms with van der Waals surface area (Å²) in [6.45, 7) is -0.272. The van der Waals surface area contributed by atoms with Gasteiger partial charge in [-0.15, -0.1) is 0 Å². The first-order chi connectivity index (χ1) is 12.2. The van der Waals surface area contributed by atoms with Crippen molar-refractivity contribution in [2.45, 2.75) is 44.1 Å². The number of benzene rings is 1. The van der Waals surface area contributed by atoms with Gasteiger partial charge in [-0.25, -0.2) is 12.8 Å². The Bertz CT molecular complexity index is 771. The van der Waals surface area contributed by atoms with E-state index in [2.05, 4.69) is 5.32 Å². The van der Waals surface area contributed by atoms with E-state index in [1.165, 1.54) is 43.5 Å². The van der Waals surface area contributed by atoms with Crippen LogP contribution in [0.15, 0.2) is 24.3 Å². The van der Waals surface area contributed by atoms with Crippen LogP contribution in [0.2, 0.25) is 0 Å². The van der Waals surface area contributed by atoms with Gasteiger partial charge in [-0.05, 0) is 80.5 Å². The number of carbonyl (C=O) groups excluding carboxylic acids is 1. The third-order valence-corrected chi connectivity index (χ3v) is 7.39. The zero-order chi connectivity index (χ0) is 18.5. The fraction of sp³-hybridized carbons (Fsp3) is 0.632. The number of amides is 1. The average molecular weight is 380 g/mol. The van der Waals surface area contributed by atoms with Crippen molar-refractivity contribution in [3.63, 3.8) is 0 Å². The summed E-state index contributed by atoms with van der Waals surface area (Å²) in [6, 6.07) is 5.16. The summed E-state index contributed by atoms with van der Waals surface area (Å²) < 4.78 is 38.5. The van der Waals surface area contributed by atoms with Crippen molar-refractivity contribution >= 4 is 21.6 Å². The minimum atomic E-state index is -3.64. The normalized spacial score (nSPS) is 32.5. The summed E-state index contributed by atoms with van der Waals surface area (Å²) in [7, 11) is -3.64. The Labute approximate surface area is 154 Å². The lowest BCUT2D eigenvalue weighted by atomic mass is 9.53. The molecule has 4 fully saturated rings. The van der Waals surface area contributed by atoms with Crippen molar-refractivity contribution < 1.29 is 17.6 Å². The number of sulfonamides is 1. The molecule has 1 N–H and O–H groups in total. The molecule has 142 valence electrons. The van der Waals surface area contributed by atoms with Crippen molar-refractivity contribution in [1.29, 1.82) is 0 Å². The van der Waals surface area contributed by atoms with E-state index in [-0.39, 0.29) is 18.0 Å². The number of halogens is 1. The zero-order valence-corrected chi connectivity index (χ0v) is 15.8. The van der Waals surface area contributed by atoms with Gasteiger partial charge in [0.25, 0.3) is 0 Å². The molecular weight excluding hydrogens is 355 g/mol. The van der Waals surface area contributed by atoms with Gasteiger partial charge in [0, 0.05) is 5.54 Å². The van der Waals surface area contributed by atoms with Crippen molar-refractivity contribution in [3.05, 3.63) is 30.1 Å². The number of nitrogens with zero attached hydrogens (tertiary/aromatic N) is 1. The lowest BCUT2D eigenvalue weighted by molar-refractivity contribution is -0.125. The highest BCUT2D eigenvalue weighted by Gasteiger charge is 2.51. The molecule has 5 nitrogen and oxygen atoms in total. The van der Waals surface area contributed by atoms with Crippen LogP contribution in [0, 0.1) is 23.6 Å². The third kappa shape index (κ3) is 3.46. The molecule has 4 aliphatic rings. The largest absolute Gasteiger partial charge is 0.349 e. The van der Waals surface area contributed by atoms with Crippen LogP contribution in [0.1, 0.15) is 38.5 Å². The van der Waals surface area contributed by atoms with Crippen molar-refractivity contribution in [2.24, 2.45) is 17.8 Å². The molecule has 5 rings (SSSR count). The van der Waals surface area contributed by atoms with Gasteiger partial charge in [0.1, 0.15) is 12.4 Å². The number of rotatable bonds is 5. The number of hydrogen-bond donors (Lipinski definition) is 1. The SMILES string of the molecule is CS(=O)(=O)N(CC(=O)NC12CC3CC(CC(C3)C1)C2)c1ccc(F)cc1. The molecule has 0 atom stereocenters. The standard InChI is InChI=1S/C19H25FN2O3S/c1-26(24,25)22(17-4-2-16(20)3-5-17)12-18(23)21-19-9-13-6-14(10-19)8-15(7-13)11-19/h2-5,13-15H,6-12H2,1H3,(H,21,23). The van der Waals surface area contributed by atoms with E-state index in [1.54, 1.807) is 0 Å². The van der Waals surface area contributed by atoms with Gasteiger partial charge in [-0.2, -0.15) is 0 Å². The second kappa shape index (κ2) is 6.22.